The van der Waals surface area contributed by atoms with E-state index in [2.05, 4.69) is 15.3 Å². The van der Waals surface area contributed by atoms with Gasteiger partial charge < -0.3 is 5.32 Å². The summed E-state index contributed by atoms with van der Waals surface area (Å²) in [6, 6.07) is 0. The molecule has 1 aromatic heterocycles. The Morgan fingerprint density at radius 2 is 2.20 bits per heavy atom. The van der Waals surface area contributed by atoms with Crippen LogP contribution in [0.25, 0.3) is 0 Å². The summed E-state index contributed by atoms with van der Waals surface area (Å²) in [5.41, 5.74) is 0.997. The van der Waals surface area contributed by atoms with E-state index in [1.807, 2.05) is 13.8 Å². The first kappa shape index (κ1) is 10.1. The van der Waals surface area contributed by atoms with Crippen LogP contribution in [0.3, 0.4) is 0 Å². The van der Waals surface area contributed by atoms with Crippen LogP contribution in [0, 0.1) is 5.92 Å². The van der Waals surface area contributed by atoms with Crippen molar-refractivity contribution >= 4 is 11.7 Å². The number of carbonyl (C=O) groups is 1. The molecule has 0 aromatic carbocycles. The van der Waals surface area contributed by atoms with E-state index in [4.69, 9.17) is 0 Å². The van der Waals surface area contributed by atoms with Crippen LogP contribution in [0.4, 0.5) is 5.82 Å². The molecule has 1 saturated carbocycles. The Labute approximate surface area is 89.1 Å². The third kappa shape index (κ3) is 2.52. The number of rotatable bonds is 3. The zero-order valence-corrected chi connectivity index (χ0v) is 9.03. The fraction of sp³-hybridized carbons (Fsp3) is 0.545. The largest absolute Gasteiger partial charge is 0.309 e. The number of hydrogen-bond acceptors (Lipinski definition) is 3. The molecule has 1 amide bonds. The minimum Gasteiger partial charge on any atom is -0.309 e. The molecule has 1 aliphatic carbocycles. The van der Waals surface area contributed by atoms with Gasteiger partial charge in [-0.15, -0.1) is 0 Å². The van der Waals surface area contributed by atoms with Crippen molar-refractivity contribution in [2.45, 2.75) is 32.6 Å². The van der Waals surface area contributed by atoms with E-state index in [1.54, 1.807) is 12.4 Å². The van der Waals surface area contributed by atoms with Crippen molar-refractivity contribution in [3.05, 3.63) is 18.1 Å². The second-order valence-corrected chi connectivity index (χ2v) is 4.25. The monoisotopic (exact) mass is 205 g/mol. The van der Waals surface area contributed by atoms with Gasteiger partial charge in [0.1, 0.15) is 0 Å². The highest BCUT2D eigenvalue weighted by Crippen LogP contribution is 2.38. The number of hydrogen-bond donors (Lipinski definition) is 1. The summed E-state index contributed by atoms with van der Waals surface area (Å²) in [5, 5.41) is 2.75. The van der Waals surface area contributed by atoms with Crippen molar-refractivity contribution in [1.29, 1.82) is 0 Å². The van der Waals surface area contributed by atoms with E-state index in [-0.39, 0.29) is 11.8 Å². The van der Waals surface area contributed by atoms with Crippen molar-refractivity contribution < 1.29 is 4.79 Å². The molecule has 1 heterocycles. The number of amides is 1. The first-order chi connectivity index (χ1) is 7.16. The predicted octanol–water partition coefficient (Wildman–Crippen LogP) is 1.95. The van der Waals surface area contributed by atoms with Crippen LogP contribution in [0.1, 0.15) is 38.3 Å². The van der Waals surface area contributed by atoms with Gasteiger partial charge in [-0.2, -0.15) is 0 Å². The molecule has 1 N–H and O–H groups in total. The van der Waals surface area contributed by atoms with Crippen LogP contribution >= 0.6 is 0 Å². The van der Waals surface area contributed by atoms with Gasteiger partial charge >= 0.3 is 0 Å². The summed E-state index contributed by atoms with van der Waals surface area (Å²) in [5.74, 6) is 1.08. The summed E-state index contributed by atoms with van der Waals surface area (Å²) in [4.78, 5) is 19.9. The van der Waals surface area contributed by atoms with Gasteiger partial charge in [0.2, 0.25) is 5.91 Å². The lowest BCUT2D eigenvalue weighted by atomic mass is 10.2. The van der Waals surface area contributed by atoms with E-state index >= 15 is 0 Å². The smallest absolute Gasteiger partial charge is 0.228 e. The van der Waals surface area contributed by atoms with Gasteiger partial charge in [0.05, 0.1) is 11.9 Å². The van der Waals surface area contributed by atoms with Crippen LogP contribution in [0.5, 0.6) is 0 Å². The van der Waals surface area contributed by atoms with Gasteiger partial charge in [-0.1, -0.05) is 13.8 Å². The van der Waals surface area contributed by atoms with Crippen molar-refractivity contribution in [1.82, 2.24) is 9.97 Å². The van der Waals surface area contributed by atoms with Crippen LogP contribution in [0.2, 0.25) is 0 Å². The fourth-order valence-electron chi connectivity index (χ4n) is 1.29. The normalized spacial score (nSPS) is 15.4. The first-order valence-corrected chi connectivity index (χ1v) is 5.29. The topological polar surface area (TPSA) is 54.9 Å². The maximum atomic E-state index is 11.4. The van der Waals surface area contributed by atoms with Gasteiger partial charge in [-0.25, -0.2) is 4.98 Å². The average molecular weight is 205 g/mol. The van der Waals surface area contributed by atoms with Crippen LogP contribution in [-0.4, -0.2) is 15.9 Å². The Morgan fingerprint density at radius 3 is 2.80 bits per heavy atom. The second kappa shape index (κ2) is 3.96. The van der Waals surface area contributed by atoms with Crippen molar-refractivity contribution in [2.24, 2.45) is 5.92 Å². The molecule has 0 saturated heterocycles. The summed E-state index contributed by atoms with van der Waals surface area (Å²) in [6.45, 7) is 3.71. The summed E-state index contributed by atoms with van der Waals surface area (Å²) in [6.07, 6.45) is 5.75. The molecule has 4 nitrogen and oxygen atoms in total. The van der Waals surface area contributed by atoms with E-state index in [0.717, 1.165) is 5.69 Å². The van der Waals surface area contributed by atoms with Gasteiger partial charge in [-0.05, 0) is 12.8 Å². The quantitative estimate of drug-likeness (QED) is 0.820. The molecule has 4 heteroatoms. The van der Waals surface area contributed by atoms with Gasteiger partial charge in [0.15, 0.2) is 5.82 Å². The highest BCUT2D eigenvalue weighted by Gasteiger charge is 2.25. The van der Waals surface area contributed by atoms with Gasteiger partial charge in [0, 0.05) is 18.0 Å². The molecule has 1 aromatic rings. The highest BCUT2D eigenvalue weighted by molar-refractivity contribution is 5.90. The number of carbonyl (C=O) groups excluding carboxylic acids is 1. The summed E-state index contributed by atoms with van der Waals surface area (Å²) in [7, 11) is 0. The zero-order valence-electron chi connectivity index (χ0n) is 9.03. The Kier molecular flexibility index (Phi) is 2.66. The SMILES string of the molecule is CC(C)C(=O)Nc1cncc(C2CC2)n1. The number of aromatic nitrogens is 2. The average Bonchev–Trinajstić information content (AvgIpc) is 3.01. The Balaban J connectivity index is 2.07. The van der Waals surface area contributed by atoms with E-state index < -0.39 is 0 Å². The highest BCUT2D eigenvalue weighted by atomic mass is 16.1. The zero-order chi connectivity index (χ0) is 10.8. The fourth-order valence-corrected chi connectivity index (χ4v) is 1.29. The Morgan fingerprint density at radius 1 is 1.47 bits per heavy atom. The number of nitrogens with zero attached hydrogens (tertiary/aromatic N) is 2. The second-order valence-electron chi connectivity index (χ2n) is 4.25. The standard InChI is InChI=1S/C11H15N3O/c1-7(2)11(15)14-10-6-12-5-9(13-10)8-3-4-8/h5-8H,3-4H2,1-2H3,(H,13,14,15). The first-order valence-electron chi connectivity index (χ1n) is 5.29. The van der Waals surface area contributed by atoms with Crippen LogP contribution < -0.4 is 5.32 Å². The molecule has 0 radical (unpaired) electrons. The summed E-state index contributed by atoms with van der Waals surface area (Å²) < 4.78 is 0. The molecule has 0 atom stereocenters. The molecule has 1 fully saturated rings. The Hall–Kier alpha value is -1.45. The van der Waals surface area contributed by atoms with Gasteiger partial charge in [-0.3, -0.25) is 9.78 Å². The summed E-state index contributed by atoms with van der Waals surface area (Å²) >= 11 is 0. The molecule has 0 spiro atoms. The maximum absolute atomic E-state index is 11.4. The Bertz CT molecular complexity index is 372. The molecule has 80 valence electrons. The predicted molar refractivity (Wildman–Crippen MR) is 57.5 cm³/mol. The molecule has 0 bridgehead atoms. The molecule has 1 aliphatic rings. The van der Waals surface area contributed by atoms with Gasteiger partial charge in [0.25, 0.3) is 0 Å². The lowest BCUT2D eigenvalue weighted by Gasteiger charge is -2.07. The van der Waals surface area contributed by atoms with E-state index in [9.17, 15) is 4.79 Å². The van der Waals surface area contributed by atoms with Crippen LogP contribution in [-0.2, 0) is 4.79 Å². The van der Waals surface area contributed by atoms with E-state index in [0.29, 0.717) is 11.7 Å². The molecular formula is C11H15N3O. The molecular weight excluding hydrogens is 190 g/mol. The van der Waals surface area contributed by atoms with Crippen molar-refractivity contribution in [3.8, 4) is 0 Å². The molecule has 15 heavy (non-hydrogen) atoms. The third-order valence-corrected chi connectivity index (χ3v) is 2.42. The molecule has 2 rings (SSSR count). The van der Waals surface area contributed by atoms with E-state index in [1.165, 1.54) is 12.8 Å². The third-order valence-electron chi connectivity index (χ3n) is 2.42. The molecule has 0 aliphatic heterocycles. The number of nitrogens with one attached hydrogen (secondary N) is 1. The minimum atomic E-state index is -0.0311. The molecule has 0 unspecified atom stereocenters. The number of anilines is 1. The van der Waals surface area contributed by atoms with Crippen molar-refractivity contribution in [3.63, 3.8) is 0 Å². The van der Waals surface area contributed by atoms with Crippen molar-refractivity contribution in [2.75, 3.05) is 5.32 Å². The lowest BCUT2D eigenvalue weighted by molar-refractivity contribution is -0.118. The lowest BCUT2D eigenvalue weighted by Crippen LogP contribution is -2.18. The van der Waals surface area contributed by atoms with Crippen LogP contribution in [0.15, 0.2) is 12.4 Å². The maximum Gasteiger partial charge on any atom is 0.228 e. The minimum absolute atomic E-state index is 0.0164.